The van der Waals surface area contributed by atoms with E-state index in [9.17, 15) is 19.2 Å². The summed E-state index contributed by atoms with van der Waals surface area (Å²) in [5, 5.41) is 4.87. The van der Waals surface area contributed by atoms with Crippen molar-refractivity contribution in [3.63, 3.8) is 0 Å². The summed E-state index contributed by atoms with van der Waals surface area (Å²) >= 11 is 6.47. The summed E-state index contributed by atoms with van der Waals surface area (Å²) in [5.41, 5.74) is 3.74. The number of carbonyl (C=O) groups is 4. The second-order valence-electron chi connectivity index (χ2n) is 8.70. The van der Waals surface area contributed by atoms with Gasteiger partial charge in [-0.3, -0.25) is 34.3 Å². The van der Waals surface area contributed by atoms with Gasteiger partial charge in [-0.15, -0.1) is 11.3 Å². The van der Waals surface area contributed by atoms with E-state index in [0.29, 0.717) is 5.00 Å². The Morgan fingerprint density at radius 1 is 0.833 bits per heavy atom. The van der Waals surface area contributed by atoms with Gasteiger partial charge in [0.2, 0.25) is 5.91 Å². The third-order valence-electron chi connectivity index (χ3n) is 5.83. The fourth-order valence-corrected chi connectivity index (χ4v) is 5.88. The zero-order valence-electron chi connectivity index (χ0n) is 22.5. The van der Waals surface area contributed by atoms with Gasteiger partial charge in [-0.2, -0.15) is 0 Å². The molecule has 2 saturated heterocycles. The van der Waals surface area contributed by atoms with Crippen molar-refractivity contribution in [2.24, 2.45) is 0 Å². The minimum absolute atomic E-state index is 0. The van der Waals surface area contributed by atoms with Gasteiger partial charge in [0.25, 0.3) is 5.91 Å². The smallest absolute Gasteiger partial charge is 0.329 e. The van der Waals surface area contributed by atoms with Crippen LogP contribution in [0.5, 0.6) is 0 Å². The highest BCUT2D eigenvalue weighted by Crippen LogP contribution is 2.35. The predicted molar refractivity (Wildman–Crippen MR) is 166 cm³/mol. The van der Waals surface area contributed by atoms with Gasteiger partial charge in [-0.05, 0) is 54.0 Å². The first-order valence-corrected chi connectivity index (χ1v) is 14.5. The van der Waals surface area contributed by atoms with Gasteiger partial charge < -0.3 is 5.32 Å². The molecule has 2 aliphatic heterocycles. The van der Waals surface area contributed by atoms with Crippen molar-refractivity contribution in [1.29, 1.82) is 0 Å². The molecular formula is C27H29BrN8O4S2. The van der Waals surface area contributed by atoms with Crippen LogP contribution in [0.15, 0.2) is 52.8 Å². The van der Waals surface area contributed by atoms with E-state index in [1.54, 1.807) is 29.9 Å². The van der Waals surface area contributed by atoms with Gasteiger partial charge in [0.1, 0.15) is 21.6 Å². The van der Waals surface area contributed by atoms with Crippen LogP contribution in [-0.2, 0) is 9.59 Å². The molecule has 0 unspecified atom stereocenters. The number of halogens is 1. The highest BCUT2D eigenvalue weighted by Gasteiger charge is 2.36. The monoisotopic (exact) mass is 672 g/mol. The van der Waals surface area contributed by atoms with Gasteiger partial charge >= 0.3 is 12.1 Å². The van der Waals surface area contributed by atoms with Crippen molar-refractivity contribution in [1.82, 2.24) is 35.1 Å². The molecule has 0 aromatic carbocycles. The van der Waals surface area contributed by atoms with E-state index in [2.05, 4.69) is 41.2 Å². The van der Waals surface area contributed by atoms with E-state index in [1.165, 1.54) is 30.3 Å². The third kappa shape index (κ3) is 7.40. The molecule has 0 radical (unpaired) electrons. The number of aryl methyl sites for hydroxylation is 2. The molecule has 42 heavy (non-hydrogen) atoms. The lowest BCUT2D eigenvalue weighted by Gasteiger charge is -2.12. The van der Waals surface area contributed by atoms with Crippen molar-refractivity contribution in [2.75, 3.05) is 32.1 Å². The molecule has 0 atom stereocenters. The lowest BCUT2D eigenvalue weighted by Crippen LogP contribution is -2.29. The number of aromatic nitrogens is 4. The number of rotatable bonds is 3. The highest BCUT2D eigenvalue weighted by molar-refractivity contribution is 9.11. The summed E-state index contributed by atoms with van der Waals surface area (Å²) in [6.07, 6.45) is 7.01. The summed E-state index contributed by atoms with van der Waals surface area (Å²) in [6, 6.07) is 7.06. The molecule has 4 aromatic rings. The Kier molecular flexibility index (Phi) is 11.0. The Labute approximate surface area is 259 Å². The Balaban J connectivity index is 0.000000189. The summed E-state index contributed by atoms with van der Waals surface area (Å²) in [7, 11) is 2.94. The number of hydrogen-bond acceptors (Lipinski definition) is 10. The van der Waals surface area contributed by atoms with E-state index in [0.717, 1.165) is 46.1 Å². The lowest BCUT2D eigenvalue weighted by molar-refractivity contribution is -0.124. The fourth-order valence-electron chi connectivity index (χ4n) is 3.50. The van der Waals surface area contributed by atoms with Crippen LogP contribution in [0.4, 0.5) is 14.6 Å². The van der Waals surface area contributed by atoms with Crippen molar-refractivity contribution in [3.05, 3.63) is 64.2 Å². The van der Waals surface area contributed by atoms with Crippen LogP contribution in [-0.4, -0.2) is 80.8 Å². The number of urea groups is 2. The first kappa shape index (κ1) is 32.4. The first-order valence-electron chi connectivity index (χ1n) is 12.1. The molecule has 6 heterocycles. The molecule has 12 nitrogen and oxygen atoms in total. The number of likely N-dealkylation sites (N-methyl/N-ethyl adjacent to an activating group) is 2. The number of amides is 6. The SMILES string of the molecule is C.CN1C(=O)CNC1=O.Cc1nc(-c2cccnc2)sc1Br.Cc1nc(-c2cccnc2)sc1N1CC(=O)N(C)C1=O. The number of nitrogens with zero attached hydrogens (tertiary/aromatic N) is 7. The molecule has 0 bridgehead atoms. The topological polar surface area (TPSA) is 142 Å². The van der Waals surface area contributed by atoms with Gasteiger partial charge in [-0.1, -0.05) is 18.8 Å². The number of carbonyl (C=O) groups excluding carboxylic acids is 4. The first-order chi connectivity index (χ1) is 19.6. The van der Waals surface area contributed by atoms with E-state index < -0.39 is 0 Å². The van der Waals surface area contributed by atoms with Crippen molar-refractivity contribution >= 4 is 67.5 Å². The van der Waals surface area contributed by atoms with Crippen molar-refractivity contribution in [2.45, 2.75) is 21.3 Å². The number of nitrogens with one attached hydrogen (secondary N) is 1. The zero-order valence-corrected chi connectivity index (χ0v) is 25.7. The summed E-state index contributed by atoms with van der Waals surface area (Å²) in [5.74, 6) is -0.374. The van der Waals surface area contributed by atoms with Gasteiger partial charge in [0.15, 0.2) is 0 Å². The lowest BCUT2D eigenvalue weighted by atomic mass is 10.3. The predicted octanol–water partition coefficient (Wildman–Crippen LogP) is 4.99. The second-order valence-corrected chi connectivity index (χ2v) is 12.0. The standard InChI is InChI=1S/C13H12N4O2S.C9H7BrN2S.C4H6N2O2.CH4/c1-8-12(17-7-10(18)16(2)13(17)19)20-11(15-8)9-4-3-5-14-6-9;1-6-8(10)13-9(12-6)7-3-2-4-11-5-7;1-6-3(7)2-5-4(6)8;/h3-6H,7H2,1-2H3;2-5H,1H3;2H2,1H3,(H,5,8);1H4. The fraction of sp³-hybridized carbons (Fsp3) is 0.259. The average Bonchev–Trinajstić information content (AvgIpc) is 3.70. The number of anilines is 1. The van der Waals surface area contributed by atoms with Gasteiger partial charge in [0, 0.05) is 50.0 Å². The van der Waals surface area contributed by atoms with Crippen LogP contribution in [0, 0.1) is 13.8 Å². The third-order valence-corrected chi connectivity index (χ3v) is 9.11. The number of hydrogen-bond donors (Lipinski definition) is 1. The van der Waals surface area contributed by atoms with Crippen LogP contribution < -0.4 is 10.2 Å². The van der Waals surface area contributed by atoms with Crippen LogP contribution >= 0.6 is 38.6 Å². The zero-order chi connectivity index (χ0) is 29.7. The average molecular weight is 674 g/mol. The largest absolute Gasteiger partial charge is 0.332 e. The minimum atomic E-state index is -0.310. The molecule has 2 aliphatic rings. The maximum Gasteiger partial charge on any atom is 0.332 e. The number of imide groups is 2. The molecule has 1 N–H and O–H groups in total. The molecule has 0 aliphatic carbocycles. The maximum atomic E-state index is 12.0. The maximum absolute atomic E-state index is 12.0. The van der Waals surface area contributed by atoms with Crippen LogP contribution in [0.1, 0.15) is 18.8 Å². The van der Waals surface area contributed by atoms with Gasteiger partial charge in [-0.25, -0.2) is 19.6 Å². The molecule has 220 valence electrons. The van der Waals surface area contributed by atoms with E-state index in [-0.39, 0.29) is 44.4 Å². The molecule has 6 rings (SSSR count). The van der Waals surface area contributed by atoms with Crippen LogP contribution in [0.2, 0.25) is 0 Å². The van der Waals surface area contributed by atoms with Gasteiger partial charge in [0.05, 0.1) is 21.7 Å². The summed E-state index contributed by atoms with van der Waals surface area (Å²) < 4.78 is 1.09. The molecule has 15 heteroatoms. The Morgan fingerprint density at radius 3 is 1.79 bits per heavy atom. The normalized spacial score (nSPS) is 14.2. The summed E-state index contributed by atoms with van der Waals surface area (Å²) in [4.78, 5) is 65.1. The minimum Gasteiger partial charge on any atom is -0.329 e. The van der Waals surface area contributed by atoms with E-state index >= 15 is 0 Å². The molecular weight excluding hydrogens is 644 g/mol. The Hall–Kier alpha value is -4.08. The quantitative estimate of drug-likeness (QED) is 0.300. The molecule has 0 spiro atoms. The molecule has 6 amide bonds. The van der Waals surface area contributed by atoms with Crippen molar-refractivity contribution in [3.8, 4) is 21.1 Å². The molecule has 0 saturated carbocycles. The van der Waals surface area contributed by atoms with Crippen LogP contribution in [0.3, 0.4) is 0 Å². The second kappa shape index (κ2) is 14.2. The number of thiazole rings is 2. The molecule has 2 fully saturated rings. The van der Waals surface area contributed by atoms with Crippen molar-refractivity contribution < 1.29 is 19.2 Å². The Bertz CT molecular complexity index is 1540. The highest BCUT2D eigenvalue weighted by atomic mass is 79.9. The molecule has 4 aromatic heterocycles. The summed E-state index contributed by atoms with van der Waals surface area (Å²) in [6.45, 7) is 4.04. The van der Waals surface area contributed by atoms with E-state index in [4.69, 9.17) is 0 Å². The van der Waals surface area contributed by atoms with E-state index in [1.807, 2.05) is 44.3 Å². The van der Waals surface area contributed by atoms with Crippen LogP contribution in [0.25, 0.3) is 21.1 Å². The Morgan fingerprint density at radius 2 is 1.40 bits per heavy atom. The number of pyridine rings is 2.